The maximum Gasteiger partial charge on any atom is 0.231 e. The molecule has 2 aromatic carbocycles. The van der Waals surface area contributed by atoms with Crippen molar-refractivity contribution in [1.29, 1.82) is 0 Å². The minimum absolute atomic E-state index is 0.325. The third kappa shape index (κ3) is 0.952. The molecule has 0 spiro atoms. The van der Waals surface area contributed by atoms with Gasteiger partial charge in [-0.1, -0.05) is 18.2 Å². The monoisotopic (exact) mass is 171 g/mol. The van der Waals surface area contributed by atoms with E-state index in [-0.39, 0.29) is 0 Å². The molecule has 0 aromatic heterocycles. The Bertz CT molecular complexity index is 420. The van der Waals surface area contributed by atoms with Gasteiger partial charge in [-0.25, -0.2) is 0 Å². The second-order valence-corrected chi connectivity index (χ2v) is 2.96. The van der Waals surface area contributed by atoms with Gasteiger partial charge < -0.3 is 9.47 Å². The molecule has 1 heterocycles. The predicted molar refractivity (Wildman–Crippen MR) is 48.9 cm³/mol. The molecule has 1 radical (unpaired) electrons. The summed E-state index contributed by atoms with van der Waals surface area (Å²) in [6, 6.07) is 13.0. The molecule has 2 nitrogen and oxygen atoms in total. The first-order chi connectivity index (χ1) is 6.43. The van der Waals surface area contributed by atoms with Gasteiger partial charge in [-0.2, -0.15) is 0 Å². The maximum absolute atomic E-state index is 5.27. The molecule has 2 heteroatoms. The summed E-state index contributed by atoms with van der Waals surface area (Å²) in [5, 5.41) is 2.19. The van der Waals surface area contributed by atoms with E-state index in [1.165, 1.54) is 0 Å². The Balaban J connectivity index is 2.36. The van der Waals surface area contributed by atoms with Crippen molar-refractivity contribution in [1.82, 2.24) is 0 Å². The summed E-state index contributed by atoms with van der Waals surface area (Å²) in [5.41, 5.74) is 0. The molecule has 0 bridgehead atoms. The zero-order valence-corrected chi connectivity index (χ0v) is 6.91. The van der Waals surface area contributed by atoms with Crippen LogP contribution in [0.25, 0.3) is 10.8 Å². The van der Waals surface area contributed by atoms with Crippen LogP contribution in [0.2, 0.25) is 0 Å². The molecule has 0 atom stereocenters. The van der Waals surface area contributed by atoms with Gasteiger partial charge in [0.15, 0.2) is 11.5 Å². The third-order valence-electron chi connectivity index (χ3n) is 2.16. The van der Waals surface area contributed by atoms with E-state index in [1.807, 2.05) is 30.3 Å². The summed E-state index contributed by atoms with van der Waals surface area (Å²) in [6.07, 6.45) is 0. The first kappa shape index (κ1) is 6.78. The highest BCUT2D eigenvalue weighted by Crippen LogP contribution is 2.35. The van der Waals surface area contributed by atoms with E-state index in [4.69, 9.17) is 9.47 Å². The maximum atomic E-state index is 5.27. The van der Waals surface area contributed by atoms with Crippen molar-refractivity contribution in [2.24, 2.45) is 0 Å². The van der Waals surface area contributed by atoms with Crippen LogP contribution in [0, 0.1) is 6.07 Å². The van der Waals surface area contributed by atoms with E-state index < -0.39 is 0 Å². The number of rotatable bonds is 0. The van der Waals surface area contributed by atoms with E-state index >= 15 is 0 Å². The highest BCUT2D eigenvalue weighted by atomic mass is 16.7. The zero-order chi connectivity index (χ0) is 8.67. The SMILES string of the molecule is [c]1cccc2cc3c(cc12)OCO3. The molecule has 0 amide bonds. The summed E-state index contributed by atoms with van der Waals surface area (Å²) in [4.78, 5) is 0. The topological polar surface area (TPSA) is 18.5 Å². The standard InChI is InChI=1S/C11H7O2/c1-2-4-9-6-11-10(12-7-13-11)5-8(9)3-1/h1-3,5-6H,7H2. The molecule has 0 unspecified atom stereocenters. The number of fused-ring (bicyclic) bond motifs is 2. The first-order valence-corrected chi connectivity index (χ1v) is 4.13. The molecule has 0 aliphatic carbocycles. The quantitative estimate of drug-likeness (QED) is 0.605. The van der Waals surface area contributed by atoms with Crippen LogP contribution in [0.4, 0.5) is 0 Å². The molecule has 13 heavy (non-hydrogen) atoms. The van der Waals surface area contributed by atoms with Gasteiger partial charge in [0.2, 0.25) is 6.79 Å². The van der Waals surface area contributed by atoms with Crippen LogP contribution in [0.5, 0.6) is 11.5 Å². The fourth-order valence-electron chi connectivity index (χ4n) is 1.51. The lowest BCUT2D eigenvalue weighted by Crippen LogP contribution is -1.92. The zero-order valence-electron chi connectivity index (χ0n) is 6.91. The summed E-state index contributed by atoms with van der Waals surface area (Å²) in [5.74, 6) is 1.64. The second-order valence-electron chi connectivity index (χ2n) is 2.96. The van der Waals surface area contributed by atoms with Crippen LogP contribution >= 0.6 is 0 Å². The van der Waals surface area contributed by atoms with Crippen molar-refractivity contribution in [3.8, 4) is 11.5 Å². The van der Waals surface area contributed by atoms with Crippen molar-refractivity contribution in [3.63, 3.8) is 0 Å². The molecular formula is C11H7O2. The fourth-order valence-corrected chi connectivity index (χ4v) is 1.51. The summed E-state index contributed by atoms with van der Waals surface area (Å²) < 4.78 is 10.5. The van der Waals surface area contributed by atoms with E-state index in [2.05, 4.69) is 6.07 Å². The smallest absolute Gasteiger partial charge is 0.231 e. The Morgan fingerprint density at radius 2 is 2.00 bits per heavy atom. The van der Waals surface area contributed by atoms with Gasteiger partial charge in [0.25, 0.3) is 0 Å². The van der Waals surface area contributed by atoms with Crippen LogP contribution in [-0.4, -0.2) is 6.79 Å². The van der Waals surface area contributed by atoms with Crippen LogP contribution in [0.15, 0.2) is 30.3 Å². The summed E-state index contributed by atoms with van der Waals surface area (Å²) in [7, 11) is 0. The largest absolute Gasteiger partial charge is 0.454 e. The molecule has 0 fully saturated rings. The normalized spacial score (nSPS) is 13.5. The van der Waals surface area contributed by atoms with Crippen LogP contribution in [-0.2, 0) is 0 Å². The van der Waals surface area contributed by atoms with E-state index in [0.717, 1.165) is 22.3 Å². The average Bonchev–Trinajstić information content (AvgIpc) is 2.61. The molecule has 0 saturated heterocycles. The Morgan fingerprint density at radius 3 is 2.92 bits per heavy atom. The minimum atomic E-state index is 0.325. The highest BCUT2D eigenvalue weighted by Gasteiger charge is 2.13. The number of hydrogen-bond acceptors (Lipinski definition) is 2. The van der Waals surface area contributed by atoms with E-state index in [1.54, 1.807) is 0 Å². The Hall–Kier alpha value is -1.70. The van der Waals surface area contributed by atoms with Gasteiger partial charge in [0.05, 0.1) is 0 Å². The lowest BCUT2D eigenvalue weighted by atomic mass is 10.1. The van der Waals surface area contributed by atoms with E-state index in [0.29, 0.717) is 6.79 Å². The van der Waals surface area contributed by atoms with Crippen LogP contribution < -0.4 is 9.47 Å². The first-order valence-electron chi connectivity index (χ1n) is 4.13. The molecule has 2 aromatic rings. The van der Waals surface area contributed by atoms with E-state index in [9.17, 15) is 0 Å². The van der Waals surface area contributed by atoms with Crippen molar-refractivity contribution < 1.29 is 9.47 Å². The Morgan fingerprint density at radius 1 is 1.15 bits per heavy atom. The molecular weight excluding hydrogens is 164 g/mol. The predicted octanol–water partition coefficient (Wildman–Crippen LogP) is 2.37. The molecule has 1 aliphatic rings. The summed E-state index contributed by atoms with van der Waals surface area (Å²) in [6.45, 7) is 0.325. The third-order valence-corrected chi connectivity index (χ3v) is 2.16. The molecule has 0 N–H and O–H groups in total. The van der Waals surface area contributed by atoms with Crippen molar-refractivity contribution >= 4 is 10.8 Å². The van der Waals surface area contributed by atoms with Gasteiger partial charge in [-0.15, -0.1) is 0 Å². The molecule has 0 saturated carbocycles. The van der Waals surface area contributed by atoms with Gasteiger partial charge in [0, 0.05) is 0 Å². The average molecular weight is 171 g/mol. The number of benzene rings is 2. The second kappa shape index (κ2) is 2.39. The highest BCUT2D eigenvalue weighted by molar-refractivity contribution is 5.85. The van der Waals surface area contributed by atoms with Gasteiger partial charge in [-0.3, -0.25) is 0 Å². The Labute approximate surface area is 75.7 Å². The molecule has 63 valence electrons. The Kier molecular flexibility index (Phi) is 1.25. The van der Waals surface area contributed by atoms with Crippen molar-refractivity contribution in [2.45, 2.75) is 0 Å². The lowest BCUT2D eigenvalue weighted by Gasteiger charge is -1.98. The number of hydrogen-bond donors (Lipinski definition) is 0. The number of ether oxygens (including phenoxy) is 2. The van der Waals surface area contributed by atoms with Crippen LogP contribution in [0.3, 0.4) is 0 Å². The van der Waals surface area contributed by atoms with Gasteiger partial charge >= 0.3 is 0 Å². The minimum Gasteiger partial charge on any atom is -0.454 e. The molecule has 1 aliphatic heterocycles. The van der Waals surface area contributed by atoms with Gasteiger partial charge in [0.1, 0.15) is 0 Å². The van der Waals surface area contributed by atoms with Gasteiger partial charge in [-0.05, 0) is 29.0 Å². The van der Waals surface area contributed by atoms with Crippen molar-refractivity contribution in [2.75, 3.05) is 6.79 Å². The fraction of sp³-hybridized carbons (Fsp3) is 0.0909. The van der Waals surface area contributed by atoms with Crippen LogP contribution in [0.1, 0.15) is 0 Å². The molecule has 3 rings (SSSR count). The summed E-state index contributed by atoms with van der Waals surface area (Å²) >= 11 is 0. The van der Waals surface area contributed by atoms with Crippen molar-refractivity contribution in [3.05, 3.63) is 36.4 Å². The lowest BCUT2D eigenvalue weighted by molar-refractivity contribution is 0.174.